The zero-order valence-corrected chi connectivity index (χ0v) is 13.3. The van der Waals surface area contributed by atoms with Gasteiger partial charge < -0.3 is 10.1 Å². The minimum Gasteiger partial charge on any atom is -0.478 e. The standard InChI is InChI=1S/C12H18N2O.C2HF3O.H2S/c1-2-15-12-8-10(4-6-14-12)7-11-3-5-13-9-11;3-2(4,5)1-6;/h4,6,8,11,13H,2-3,5,7,9H2,1H3;1H;1H2/t11-;;/m1../s1. The fourth-order valence-electron chi connectivity index (χ4n) is 2.03. The van der Waals surface area contributed by atoms with Gasteiger partial charge in [0.25, 0.3) is 0 Å². The molecule has 0 bridgehead atoms. The summed E-state index contributed by atoms with van der Waals surface area (Å²) >= 11 is 0. The van der Waals surface area contributed by atoms with Gasteiger partial charge in [-0.15, -0.1) is 0 Å². The number of nitrogens with zero attached hydrogens (tertiary/aromatic N) is 1. The van der Waals surface area contributed by atoms with Crippen LogP contribution in [0.2, 0.25) is 0 Å². The highest BCUT2D eigenvalue weighted by Gasteiger charge is 2.24. The van der Waals surface area contributed by atoms with Crippen LogP contribution in [0.15, 0.2) is 18.3 Å². The van der Waals surface area contributed by atoms with E-state index in [1.165, 1.54) is 12.0 Å². The highest BCUT2D eigenvalue weighted by molar-refractivity contribution is 7.59. The number of aromatic nitrogens is 1. The zero-order valence-electron chi connectivity index (χ0n) is 12.3. The van der Waals surface area contributed by atoms with Crippen LogP contribution in [0.1, 0.15) is 18.9 Å². The molecule has 1 atom stereocenters. The molecule has 0 saturated carbocycles. The monoisotopic (exact) mass is 338 g/mol. The molecule has 0 radical (unpaired) electrons. The lowest BCUT2D eigenvalue weighted by Gasteiger charge is -2.09. The molecule has 126 valence electrons. The third-order valence-electron chi connectivity index (χ3n) is 2.91. The Balaban J connectivity index is 0.000000546. The van der Waals surface area contributed by atoms with Crippen molar-refractivity contribution in [2.45, 2.75) is 25.9 Å². The van der Waals surface area contributed by atoms with Crippen LogP contribution >= 0.6 is 13.5 Å². The van der Waals surface area contributed by atoms with Crippen molar-refractivity contribution in [3.05, 3.63) is 23.9 Å². The van der Waals surface area contributed by atoms with Gasteiger partial charge in [-0.3, -0.25) is 4.79 Å². The SMILES string of the molecule is CCOc1cc(C[C@H]2CCNC2)ccn1.O=CC(F)(F)F.S. The molecule has 4 nitrogen and oxygen atoms in total. The normalized spacial score (nSPS) is 17.0. The van der Waals surface area contributed by atoms with Crippen LogP contribution in [0, 0.1) is 5.92 Å². The molecular formula is C14H21F3N2O2S. The lowest BCUT2D eigenvalue weighted by molar-refractivity contribution is -0.156. The fraction of sp³-hybridized carbons (Fsp3) is 0.571. The van der Waals surface area contributed by atoms with E-state index in [9.17, 15) is 13.2 Å². The lowest BCUT2D eigenvalue weighted by Crippen LogP contribution is -2.10. The Hall–Kier alpha value is -1.28. The molecule has 1 aromatic rings. The Morgan fingerprint density at radius 3 is 2.68 bits per heavy atom. The highest BCUT2D eigenvalue weighted by Crippen LogP contribution is 2.17. The molecular weight excluding hydrogens is 317 g/mol. The second-order valence-electron chi connectivity index (χ2n) is 4.66. The Morgan fingerprint density at radius 2 is 2.18 bits per heavy atom. The van der Waals surface area contributed by atoms with Gasteiger partial charge in [0.1, 0.15) is 0 Å². The van der Waals surface area contributed by atoms with Crippen LogP contribution in [0.3, 0.4) is 0 Å². The fourth-order valence-corrected chi connectivity index (χ4v) is 2.03. The van der Waals surface area contributed by atoms with Gasteiger partial charge in [-0.05, 0) is 50.4 Å². The minimum atomic E-state index is -4.64. The first-order valence-corrected chi connectivity index (χ1v) is 6.76. The molecule has 0 aromatic carbocycles. The number of alkyl halides is 3. The number of rotatable bonds is 4. The summed E-state index contributed by atoms with van der Waals surface area (Å²) in [6.45, 7) is 4.97. The van der Waals surface area contributed by atoms with Crippen LogP contribution in [-0.4, -0.2) is 37.1 Å². The van der Waals surface area contributed by atoms with Gasteiger partial charge in [-0.25, -0.2) is 4.98 Å². The summed E-state index contributed by atoms with van der Waals surface area (Å²) in [5.41, 5.74) is 1.34. The van der Waals surface area contributed by atoms with Gasteiger partial charge in [0.15, 0.2) is 0 Å². The number of hydrogen-bond acceptors (Lipinski definition) is 4. The van der Waals surface area contributed by atoms with E-state index in [-0.39, 0.29) is 13.5 Å². The van der Waals surface area contributed by atoms with E-state index < -0.39 is 12.5 Å². The van der Waals surface area contributed by atoms with Crippen LogP contribution in [0.25, 0.3) is 0 Å². The van der Waals surface area contributed by atoms with Gasteiger partial charge in [0.05, 0.1) is 6.61 Å². The molecule has 22 heavy (non-hydrogen) atoms. The highest BCUT2D eigenvalue weighted by atomic mass is 32.1. The summed E-state index contributed by atoms with van der Waals surface area (Å²) in [6.07, 6.45) is -1.45. The number of carbonyl (C=O) groups is 1. The Kier molecular flexibility index (Phi) is 9.84. The Morgan fingerprint density at radius 1 is 1.50 bits per heavy atom. The molecule has 1 saturated heterocycles. The maximum atomic E-state index is 10.4. The van der Waals surface area contributed by atoms with Gasteiger partial charge in [0.2, 0.25) is 12.2 Å². The molecule has 0 aliphatic carbocycles. The van der Waals surface area contributed by atoms with E-state index in [1.807, 2.05) is 13.1 Å². The van der Waals surface area contributed by atoms with Crippen molar-refractivity contribution in [1.82, 2.24) is 10.3 Å². The molecule has 1 aliphatic rings. The third-order valence-corrected chi connectivity index (χ3v) is 2.91. The maximum Gasteiger partial charge on any atom is 0.446 e. The second kappa shape index (κ2) is 10.4. The molecule has 0 spiro atoms. The molecule has 2 rings (SSSR count). The summed E-state index contributed by atoms with van der Waals surface area (Å²) in [7, 11) is 0. The molecule has 0 unspecified atom stereocenters. The van der Waals surface area contributed by atoms with E-state index in [0.29, 0.717) is 6.61 Å². The Bertz CT molecular complexity index is 438. The predicted molar refractivity (Wildman–Crippen MR) is 82.6 cm³/mol. The molecule has 1 fully saturated rings. The minimum absolute atomic E-state index is 0. The van der Waals surface area contributed by atoms with Crippen molar-refractivity contribution >= 4 is 19.8 Å². The summed E-state index contributed by atoms with van der Waals surface area (Å²) in [4.78, 5) is 12.9. The van der Waals surface area contributed by atoms with E-state index >= 15 is 0 Å². The van der Waals surface area contributed by atoms with Crippen molar-refractivity contribution in [1.29, 1.82) is 0 Å². The molecule has 1 aliphatic heterocycles. The van der Waals surface area contributed by atoms with E-state index in [0.717, 1.165) is 31.3 Å². The predicted octanol–water partition coefficient (Wildman–Crippen LogP) is 2.49. The first-order valence-electron chi connectivity index (χ1n) is 6.76. The number of hydrogen-bond donors (Lipinski definition) is 1. The molecule has 2 heterocycles. The number of carbonyl (C=O) groups excluding carboxylic acids is 1. The molecule has 1 aromatic heterocycles. The zero-order chi connectivity index (χ0) is 15.7. The molecule has 8 heteroatoms. The average molecular weight is 338 g/mol. The number of pyridine rings is 1. The van der Waals surface area contributed by atoms with Crippen molar-refractivity contribution in [3.63, 3.8) is 0 Å². The van der Waals surface area contributed by atoms with Crippen LogP contribution < -0.4 is 10.1 Å². The van der Waals surface area contributed by atoms with Crippen molar-refractivity contribution in [2.24, 2.45) is 5.92 Å². The summed E-state index contributed by atoms with van der Waals surface area (Å²) in [5, 5.41) is 3.39. The van der Waals surface area contributed by atoms with Crippen LogP contribution in [0.4, 0.5) is 13.2 Å². The lowest BCUT2D eigenvalue weighted by atomic mass is 10.00. The van der Waals surface area contributed by atoms with E-state index in [4.69, 9.17) is 9.53 Å². The third kappa shape index (κ3) is 8.89. The van der Waals surface area contributed by atoms with Gasteiger partial charge >= 0.3 is 6.18 Å². The second-order valence-corrected chi connectivity index (χ2v) is 4.66. The molecule has 1 N–H and O–H groups in total. The summed E-state index contributed by atoms with van der Waals surface area (Å²) in [5.74, 6) is 1.53. The van der Waals surface area contributed by atoms with E-state index in [2.05, 4.69) is 22.4 Å². The van der Waals surface area contributed by atoms with Crippen molar-refractivity contribution in [2.75, 3.05) is 19.7 Å². The topological polar surface area (TPSA) is 51.2 Å². The quantitative estimate of drug-likeness (QED) is 0.857. The van der Waals surface area contributed by atoms with Gasteiger partial charge in [-0.1, -0.05) is 0 Å². The smallest absolute Gasteiger partial charge is 0.446 e. The largest absolute Gasteiger partial charge is 0.478 e. The van der Waals surface area contributed by atoms with Crippen molar-refractivity contribution < 1.29 is 22.7 Å². The van der Waals surface area contributed by atoms with Gasteiger partial charge in [-0.2, -0.15) is 26.7 Å². The van der Waals surface area contributed by atoms with Gasteiger partial charge in [0, 0.05) is 12.3 Å². The average Bonchev–Trinajstić information content (AvgIpc) is 2.92. The Labute approximate surface area is 134 Å². The number of halogens is 3. The maximum absolute atomic E-state index is 10.4. The number of nitrogens with one attached hydrogen (secondary N) is 1. The van der Waals surface area contributed by atoms with E-state index in [1.54, 1.807) is 0 Å². The first kappa shape index (κ1) is 20.7. The summed E-state index contributed by atoms with van der Waals surface area (Å²) in [6, 6.07) is 4.14. The van der Waals surface area contributed by atoms with Crippen molar-refractivity contribution in [3.8, 4) is 5.88 Å². The summed E-state index contributed by atoms with van der Waals surface area (Å²) < 4.78 is 36.6. The number of ether oxygens (including phenoxy) is 1. The number of aldehydes is 1. The van der Waals surface area contributed by atoms with Crippen LogP contribution in [-0.2, 0) is 11.2 Å². The first-order chi connectivity index (χ1) is 9.94. The molecule has 0 amide bonds. The van der Waals surface area contributed by atoms with Crippen LogP contribution in [0.5, 0.6) is 5.88 Å².